The molecule has 1 aromatic carbocycles. The summed E-state index contributed by atoms with van der Waals surface area (Å²) in [5.41, 5.74) is 1.80. The molecule has 0 fully saturated rings. The first-order chi connectivity index (χ1) is 9.79. The van der Waals surface area contributed by atoms with E-state index in [2.05, 4.69) is 4.98 Å². The molecule has 1 unspecified atom stereocenters. The highest BCUT2D eigenvalue weighted by Crippen LogP contribution is 2.22. The van der Waals surface area contributed by atoms with Crippen LogP contribution in [-0.2, 0) is 0 Å². The van der Waals surface area contributed by atoms with Crippen molar-refractivity contribution in [1.29, 1.82) is 0 Å². The number of rotatable bonds is 4. The van der Waals surface area contributed by atoms with E-state index in [1.165, 1.54) is 12.1 Å². The molecular weight excluding hydrogens is 271 g/mol. The van der Waals surface area contributed by atoms with Gasteiger partial charge in [-0.3, -0.25) is 4.79 Å². The van der Waals surface area contributed by atoms with E-state index in [4.69, 9.17) is 0 Å². The molecule has 2 rings (SSSR count). The van der Waals surface area contributed by atoms with E-state index in [1.807, 2.05) is 20.8 Å². The van der Waals surface area contributed by atoms with Gasteiger partial charge in [0.25, 0.3) is 5.91 Å². The number of aromatic nitrogens is 1. The van der Waals surface area contributed by atoms with Gasteiger partial charge in [0.1, 0.15) is 11.5 Å². The van der Waals surface area contributed by atoms with Crippen LogP contribution in [0, 0.1) is 12.7 Å². The molecule has 2 aromatic rings. The van der Waals surface area contributed by atoms with Crippen molar-refractivity contribution in [2.45, 2.75) is 39.8 Å². The van der Waals surface area contributed by atoms with E-state index < -0.39 is 6.10 Å². The first-order valence-electron chi connectivity index (χ1n) is 7.07. The second kappa shape index (κ2) is 5.85. The van der Waals surface area contributed by atoms with Crippen LogP contribution in [0.5, 0.6) is 0 Å². The first-order valence-corrected chi connectivity index (χ1v) is 7.07. The van der Waals surface area contributed by atoms with Crippen molar-refractivity contribution in [1.82, 2.24) is 9.88 Å². The first kappa shape index (κ1) is 15.5. The molecule has 0 radical (unpaired) electrons. The maximum absolute atomic E-state index is 13.4. The molecule has 114 valence electrons. The summed E-state index contributed by atoms with van der Waals surface area (Å²) in [7, 11) is 0. The zero-order chi connectivity index (χ0) is 15.7. The van der Waals surface area contributed by atoms with E-state index in [9.17, 15) is 14.3 Å². The van der Waals surface area contributed by atoms with Gasteiger partial charge in [-0.25, -0.2) is 4.39 Å². The highest BCUT2D eigenvalue weighted by molar-refractivity contribution is 5.99. The average Bonchev–Trinajstić information content (AvgIpc) is 2.78. The Balaban J connectivity index is 2.40. The molecule has 2 N–H and O–H groups in total. The number of hydrogen-bond acceptors (Lipinski definition) is 2. The predicted octanol–water partition coefficient (Wildman–Crippen LogP) is 2.85. The number of halogens is 1. The van der Waals surface area contributed by atoms with Gasteiger partial charge < -0.3 is 15.0 Å². The molecule has 0 spiro atoms. The maximum Gasteiger partial charge on any atom is 0.270 e. The van der Waals surface area contributed by atoms with Gasteiger partial charge in [-0.2, -0.15) is 0 Å². The summed E-state index contributed by atoms with van der Waals surface area (Å²) in [6.45, 7) is 7.51. The van der Waals surface area contributed by atoms with Gasteiger partial charge >= 0.3 is 0 Å². The molecule has 1 aromatic heterocycles. The Morgan fingerprint density at radius 2 is 2.00 bits per heavy atom. The molecule has 0 aliphatic heterocycles. The summed E-state index contributed by atoms with van der Waals surface area (Å²) in [5, 5.41) is 10.4. The number of amides is 1. The van der Waals surface area contributed by atoms with Gasteiger partial charge in [0.05, 0.1) is 6.10 Å². The summed E-state index contributed by atoms with van der Waals surface area (Å²) >= 11 is 0. The van der Waals surface area contributed by atoms with Gasteiger partial charge in [-0.1, -0.05) is 0 Å². The number of benzene rings is 1. The van der Waals surface area contributed by atoms with Crippen LogP contribution in [0.4, 0.5) is 4.39 Å². The molecule has 1 atom stereocenters. The van der Waals surface area contributed by atoms with Crippen molar-refractivity contribution in [3.63, 3.8) is 0 Å². The average molecular weight is 292 g/mol. The van der Waals surface area contributed by atoms with E-state index in [0.717, 1.165) is 10.9 Å². The molecule has 0 saturated carbocycles. The third-order valence-electron chi connectivity index (χ3n) is 3.49. The molecule has 1 amide bonds. The van der Waals surface area contributed by atoms with E-state index in [1.54, 1.807) is 17.9 Å². The number of aliphatic hydroxyl groups excluding tert-OH is 1. The fourth-order valence-electron chi connectivity index (χ4n) is 2.46. The molecule has 0 saturated heterocycles. The highest BCUT2D eigenvalue weighted by atomic mass is 19.1. The van der Waals surface area contributed by atoms with Crippen molar-refractivity contribution in [3.05, 3.63) is 35.3 Å². The summed E-state index contributed by atoms with van der Waals surface area (Å²) in [6.07, 6.45) is -0.597. The van der Waals surface area contributed by atoms with E-state index >= 15 is 0 Å². The summed E-state index contributed by atoms with van der Waals surface area (Å²) in [5.74, 6) is -0.521. The van der Waals surface area contributed by atoms with Gasteiger partial charge in [-0.15, -0.1) is 0 Å². The molecule has 0 aliphatic rings. The van der Waals surface area contributed by atoms with Crippen molar-refractivity contribution in [2.75, 3.05) is 6.54 Å². The Morgan fingerprint density at radius 1 is 1.33 bits per heavy atom. The fourth-order valence-corrected chi connectivity index (χ4v) is 2.46. The fraction of sp³-hybridized carbons (Fsp3) is 0.438. The topological polar surface area (TPSA) is 56.3 Å². The number of carbonyl (C=O) groups excluding carboxylic acids is 1. The number of fused-ring (bicyclic) bond motifs is 1. The second-order valence-electron chi connectivity index (χ2n) is 5.77. The second-order valence-corrected chi connectivity index (χ2v) is 5.77. The number of carbonyl (C=O) groups is 1. The normalized spacial score (nSPS) is 12.9. The number of aromatic amines is 1. The van der Waals surface area contributed by atoms with Crippen LogP contribution in [0.1, 0.15) is 36.8 Å². The molecule has 0 bridgehead atoms. The molecule has 0 aliphatic carbocycles. The minimum Gasteiger partial charge on any atom is -0.392 e. The van der Waals surface area contributed by atoms with Crippen LogP contribution in [0.2, 0.25) is 0 Å². The number of nitrogens with one attached hydrogen (secondary N) is 1. The zero-order valence-corrected chi connectivity index (χ0v) is 12.8. The summed E-state index contributed by atoms with van der Waals surface area (Å²) < 4.78 is 13.4. The van der Waals surface area contributed by atoms with Gasteiger partial charge in [0.15, 0.2) is 0 Å². The minimum atomic E-state index is -0.597. The summed E-state index contributed by atoms with van der Waals surface area (Å²) in [6, 6.07) is 4.54. The third kappa shape index (κ3) is 3.24. The summed E-state index contributed by atoms with van der Waals surface area (Å²) in [4.78, 5) is 17.1. The predicted molar refractivity (Wildman–Crippen MR) is 80.8 cm³/mol. The lowest BCUT2D eigenvalue weighted by Gasteiger charge is -2.27. The molecule has 5 heteroatoms. The van der Waals surface area contributed by atoms with E-state index in [0.29, 0.717) is 11.2 Å². The van der Waals surface area contributed by atoms with Crippen LogP contribution in [0.3, 0.4) is 0 Å². The Bertz CT molecular complexity index is 662. The molecule has 4 nitrogen and oxygen atoms in total. The number of aliphatic hydroxyl groups is 1. The Kier molecular flexibility index (Phi) is 4.32. The van der Waals surface area contributed by atoms with Crippen molar-refractivity contribution in [3.8, 4) is 0 Å². The number of H-pyrrole nitrogens is 1. The Morgan fingerprint density at radius 3 is 2.57 bits per heavy atom. The number of hydrogen-bond donors (Lipinski definition) is 2. The quantitative estimate of drug-likeness (QED) is 0.910. The smallest absolute Gasteiger partial charge is 0.270 e. The largest absolute Gasteiger partial charge is 0.392 e. The van der Waals surface area contributed by atoms with E-state index in [-0.39, 0.29) is 24.3 Å². The molecular formula is C16H21FN2O2. The number of aryl methyl sites for hydroxylation is 1. The third-order valence-corrected chi connectivity index (χ3v) is 3.49. The lowest BCUT2D eigenvalue weighted by atomic mass is 10.1. The monoisotopic (exact) mass is 292 g/mol. The van der Waals surface area contributed by atoms with Crippen LogP contribution in [0.25, 0.3) is 10.9 Å². The van der Waals surface area contributed by atoms with Crippen molar-refractivity contribution in [2.24, 2.45) is 0 Å². The molecule has 1 heterocycles. The van der Waals surface area contributed by atoms with Crippen molar-refractivity contribution >= 4 is 16.8 Å². The standard InChI is InChI=1S/C16H21FN2O2/c1-9(2)19(8-11(4)20)16(21)15-7-13-10(3)5-12(17)6-14(13)18-15/h5-7,9,11,18,20H,8H2,1-4H3. The lowest BCUT2D eigenvalue weighted by Crippen LogP contribution is -2.41. The zero-order valence-electron chi connectivity index (χ0n) is 12.8. The van der Waals surface area contributed by atoms with Crippen LogP contribution >= 0.6 is 0 Å². The SMILES string of the molecule is Cc1cc(F)cc2[nH]c(C(=O)N(CC(C)O)C(C)C)cc12. The van der Waals surface area contributed by atoms with Gasteiger partial charge in [0.2, 0.25) is 0 Å². The molecule has 21 heavy (non-hydrogen) atoms. The van der Waals surface area contributed by atoms with Crippen molar-refractivity contribution < 1.29 is 14.3 Å². The lowest BCUT2D eigenvalue weighted by molar-refractivity contribution is 0.0574. The number of nitrogens with zero attached hydrogens (tertiary/aromatic N) is 1. The van der Waals surface area contributed by atoms with Gasteiger partial charge in [0, 0.05) is 23.5 Å². The van der Waals surface area contributed by atoms with Crippen LogP contribution in [0.15, 0.2) is 18.2 Å². The van der Waals surface area contributed by atoms with Crippen LogP contribution < -0.4 is 0 Å². The van der Waals surface area contributed by atoms with Gasteiger partial charge in [-0.05, 0) is 51.5 Å². The Labute approximate surface area is 123 Å². The highest BCUT2D eigenvalue weighted by Gasteiger charge is 2.22. The Hall–Kier alpha value is -1.88. The minimum absolute atomic E-state index is 0.0312. The van der Waals surface area contributed by atoms with Crippen LogP contribution in [-0.4, -0.2) is 39.6 Å². The maximum atomic E-state index is 13.4.